The van der Waals surface area contributed by atoms with Crippen LogP contribution in [0.4, 0.5) is 5.69 Å². The highest BCUT2D eigenvalue weighted by atomic mass is 35.5. The van der Waals surface area contributed by atoms with E-state index >= 15 is 0 Å². The molecular weight excluding hydrogens is 358 g/mol. The molecule has 1 unspecified atom stereocenters. The van der Waals surface area contributed by atoms with Gasteiger partial charge in [0.25, 0.3) is 0 Å². The smallest absolute Gasteiger partial charge is 0.308 e. The Labute approximate surface area is 158 Å². The zero-order valence-corrected chi connectivity index (χ0v) is 15.6. The summed E-state index contributed by atoms with van der Waals surface area (Å²) in [4.78, 5) is 38.1. The minimum Gasteiger partial charge on any atom is -0.466 e. The summed E-state index contributed by atoms with van der Waals surface area (Å²) in [6.07, 6.45) is 1.55. The van der Waals surface area contributed by atoms with E-state index in [9.17, 15) is 14.4 Å². The molecule has 7 nitrogen and oxygen atoms in total. The maximum atomic E-state index is 12.6. The largest absolute Gasteiger partial charge is 0.466 e. The monoisotopic (exact) mass is 381 g/mol. The molecule has 1 aliphatic rings. The number of hydrogen-bond acceptors (Lipinski definition) is 5. The molecular formula is C18H24ClN3O4. The number of esters is 1. The zero-order valence-electron chi connectivity index (χ0n) is 14.8. The summed E-state index contributed by atoms with van der Waals surface area (Å²) in [5.41, 5.74) is 0.711. The normalized spacial score (nSPS) is 16.8. The highest BCUT2D eigenvalue weighted by Crippen LogP contribution is 2.15. The molecule has 0 saturated carbocycles. The van der Waals surface area contributed by atoms with Crippen LogP contribution in [0.1, 0.15) is 26.2 Å². The van der Waals surface area contributed by atoms with Crippen molar-refractivity contribution in [2.24, 2.45) is 0 Å². The van der Waals surface area contributed by atoms with E-state index in [0.717, 1.165) is 12.8 Å². The van der Waals surface area contributed by atoms with Gasteiger partial charge in [0.15, 0.2) is 0 Å². The molecule has 0 radical (unpaired) electrons. The van der Waals surface area contributed by atoms with Crippen molar-refractivity contribution in [2.75, 3.05) is 31.6 Å². The Bertz CT molecular complexity index is 653. The molecule has 1 saturated heterocycles. The van der Waals surface area contributed by atoms with Crippen molar-refractivity contribution >= 4 is 35.1 Å². The first-order valence-corrected chi connectivity index (χ1v) is 9.11. The first-order valence-electron chi connectivity index (χ1n) is 8.73. The van der Waals surface area contributed by atoms with Crippen LogP contribution in [0.5, 0.6) is 0 Å². The Hall–Kier alpha value is -2.28. The van der Waals surface area contributed by atoms with Crippen molar-refractivity contribution in [3.8, 4) is 0 Å². The minimum atomic E-state index is -0.841. The van der Waals surface area contributed by atoms with Gasteiger partial charge in [-0.2, -0.15) is 0 Å². The molecule has 0 aromatic heterocycles. The molecule has 1 aliphatic heterocycles. The molecule has 8 heteroatoms. The third-order valence-corrected chi connectivity index (χ3v) is 4.28. The predicted molar refractivity (Wildman–Crippen MR) is 98.9 cm³/mol. The molecule has 0 bridgehead atoms. The van der Waals surface area contributed by atoms with E-state index in [-0.39, 0.29) is 24.8 Å². The minimum absolute atomic E-state index is 0.00893. The fourth-order valence-electron chi connectivity index (χ4n) is 2.64. The van der Waals surface area contributed by atoms with E-state index in [1.54, 1.807) is 24.3 Å². The van der Waals surface area contributed by atoms with E-state index in [1.807, 2.05) is 6.92 Å². The summed E-state index contributed by atoms with van der Waals surface area (Å²) in [6, 6.07) is 6.18. The van der Waals surface area contributed by atoms with E-state index in [1.165, 1.54) is 4.90 Å². The van der Waals surface area contributed by atoms with Crippen LogP contribution in [0, 0.1) is 0 Å². The van der Waals surface area contributed by atoms with Crippen molar-refractivity contribution in [1.82, 2.24) is 10.2 Å². The number of unbranched alkanes of at least 4 members (excludes halogenated alkanes) is 1. The van der Waals surface area contributed by atoms with Crippen molar-refractivity contribution in [2.45, 2.75) is 32.2 Å². The molecule has 2 rings (SSSR count). The number of carbonyl (C=O) groups excluding carboxylic acids is 3. The Kier molecular flexibility index (Phi) is 7.72. The summed E-state index contributed by atoms with van der Waals surface area (Å²) in [5, 5.41) is 6.24. The van der Waals surface area contributed by atoms with Gasteiger partial charge in [0.2, 0.25) is 11.8 Å². The Morgan fingerprint density at radius 2 is 2.23 bits per heavy atom. The van der Waals surface area contributed by atoms with Gasteiger partial charge in [0, 0.05) is 23.8 Å². The Morgan fingerprint density at radius 3 is 2.96 bits per heavy atom. The lowest BCUT2D eigenvalue weighted by Crippen LogP contribution is -2.58. The molecule has 1 fully saturated rings. The molecule has 1 aromatic carbocycles. The SMILES string of the molecule is CCCCOC(=O)CC1C(=O)NCCN1C(=O)CNc1cccc(Cl)c1. The third-order valence-electron chi connectivity index (χ3n) is 4.04. The van der Waals surface area contributed by atoms with E-state index in [2.05, 4.69) is 10.6 Å². The first-order chi connectivity index (χ1) is 12.5. The number of halogens is 1. The summed E-state index contributed by atoms with van der Waals surface area (Å²) in [5.74, 6) is -1.06. The summed E-state index contributed by atoms with van der Waals surface area (Å²) in [7, 11) is 0. The molecule has 2 N–H and O–H groups in total. The van der Waals surface area contributed by atoms with E-state index < -0.39 is 12.0 Å². The summed E-state index contributed by atoms with van der Waals surface area (Å²) >= 11 is 5.92. The Balaban J connectivity index is 1.93. The number of benzene rings is 1. The highest BCUT2D eigenvalue weighted by molar-refractivity contribution is 6.30. The zero-order chi connectivity index (χ0) is 18.9. The number of rotatable bonds is 8. The van der Waals surface area contributed by atoms with Gasteiger partial charge in [-0.3, -0.25) is 14.4 Å². The maximum absolute atomic E-state index is 12.6. The number of amides is 2. The topological polar surface area (TPSA) is 87.7 Å². The standard InChI is InChI=1S/C18H24ClN3O4/c1-2-3-9-26-17(24)11-15-18(25)20-7-8-22(15)16(23)12-21-14-6-4-5-13(19)10-14/h4-6,10,15,21H,2-3,7-9,11-12H2,1H3,(H,20,25). The number of ether oxygens (including phenoxy) is 1. The first kappa shape index (κ1) is 20.0. The summed E-state index contributed by atoms with van der Waals surface area (Å²) in [6.45, 7) is 3.05. The highest BCUT2D eigenvalue weighted by Gasteiger charge is 2.34. The fraction of sp³-hybridized carbons (Fsp3) is 0.500. The molecule has 1 atom stereocenters. The van der Waals surface area contributed by atoms with Crippen LogP contribution < -0.4 is 10.6 Å². The van der Waals surface area contributed by atoms with E-state index in [4.69, 9.17) is 16.3 Å². The van der Waals surface area contributed by atoms with Gasteiger partial charge in [-0.15, -0.1) is 0 Å². The Morgan fingerprint density at radius 1 is 1.42 bits per heavy atom. The molecule has 2 amide bonds. The van der Waals surface area contributed by atoms with Crippen molar-refractivity contribution in [3.63, 3.8) is 0 Å². The molecule has 1 aromatic rings. The second-order valence-corrected chi connectivity index (χ2v) is 6.47. The lowest BCUT2D eigenvalue weighted by molar-refractivity contribution is -0.151. The second-order valence-electron chi connectivity index (χ2n) is 6.04. The van der Waals surface area contributed by atoms with Crippen LogP contribution in [0.15, 0.2) is 24.3 Å². The fourth-order valence-corrected chi connectivity index (χ4v) is 2.83. The second kappa shape index (κ2) is 10.0. The van der Waals surface area contributed by atoms with Gasteiger partial charge in [-0.05, 0) is 24.6 Å². The van der Waals surface area contributed by atoms with Gasteiger partial charge in [0.05, 0.1) is 19.6 Å². The van der Waals surface area contributed by atoms with Gasteiger partial charge in [-0.1, -0.05) is 31.0 Å². The number of anilines is 1. The van der Waals surface area contributed by atoms with Crippen molar-refractivity contribution in [3.05, 3.63) is 29.3 Å². The van der Waals surface area contributed by atoms with Crippen LogP contribution in [0.25, 0.3) is 0 Å². The maximum Gasteiger partial charge on any atom is 0.308 e. The number of nitrogens with zero attached hydrogens (tertiary/aromatic N) is 1. The molecule has 0 spiro atoms. The molecule has 0 aliphatic carbocycles. The van der Waals surface area contributed by atoms with Gasteiger partial charge < -0.3 is 20.3 Å². The van der Waals surface area contributed by atoms with Crippen LogP contribution in [0.2, 0.25) is 5.02 Å². The van der Waals surface area contributed by atoms with Crippen LogP contribution in [-0.2, 0) is 19.1 Å². The number of piperazine rings is 1. The number of nitrogens with one attached hydrogen (secondary N) is 2. The van der Waals surface area contributed by atoms with Gasteiger partial charge in [-0.25, -0.2) is 0 Å². The lowest BCUT2D eigenvalue weighted by Gasteiger charge is -2.34. The lowest BCUT2D eigenvalue weighted by atomic mass is 10.1. The van der Waals surface area contributed by atoms with Crippen molar-refractivity contribution in [1.29, 1.82) is 0 Å². The van der Waals surface area contributed by atoms with E-state index in [0.29, 0.717) is 30.4 Å². The quantitative estimate of drug-likeness (QED) is 0.529. The molecule has 142 valence electrons. The third kappa shape index (κ3) is 5.91. The predicted octanol–water partition coefficient (Wildman–Crippen LogP) is 1.81. The van der Waals surface area contributed by atoms with Crippen LogP contribution in [0.3, 0.4) is 0 Å². The molecule has 26 heavy (non-hydrogen) atoms. The average molecular weight is 382 g/mol. The van der Waals surface area contributed by atoms with Crippen LogP contribution >= 0.6 is 11.6 Å². The summed E-state index contributed by atoms with van der Waals surface area (Å²) < 4.78 is 5.12. The number of carbonyl (C=O) groups is 3. The van der Waals surface area contributed by atoms with Crippen LogP contribution in [-0.4, -0.2) is 55.0 Å². The average Bonchev–Trinajstić information content (AvgIpc) is 2.61. The van der Waals surface area contributed by atoms with Gasteiger partial charge in [0.1, 0.15) is 6.04 Å². The number of hydrogen-bond donors (Lipinski definition) is 2. The molecule has 1 heterocycles. The van der Waals surface area contributed by atoms with Crippen molar-refractivity contribution < 1.29 is 19.1 Å². The van der Waals surface area contributed by atoms with Gasteiger partial charge >= 0.3 is 5.97 Å².